The van der Waals surface area contributed by atoms with Crippen LogP contribution in [0, 0.1) is 0 Å². The van der Waals surface area contributed by atoms with Gasteiger partial charge in [0.05, 0.1) is 28.3 Å². The van der Waals surface area contributed by atoms with Crippen LogP contribution in [0.25, 0.3) is 5.65 Å². The van der Waals surface area contributed by atoms with Gasteiger partial charge in [-0.1, -0.05) is 11.6 Å². The highest BCUT2D eigenvalue weighted by atomic mass is 35.5. The van der Waals surface area contributed by atoms with E-state index >= 15 is 0 Å². The van der Waals surface area contributed by atoms with Crippen LogP contribution in [0.3, 0.4) is 0 Å². The summed E-state index contributed by atoms with van der Waals surface area (Å²) >= 11 is 7.26. The van der Waals surface area contributed by atoms with Crippen molar-refractivity contribution in [2.45, 2.75) is 38.3 Å². The molecule has 0 atom stereocenters. The minimum absolute atomic E-state index is 0.122. The highest BCUT2D eigenvalue weighted by Crippen LogP contribution is 2.38. The number of imidazole rings is 1. The predicted molar refractivity (Wildman–Crippen MR) is 107 cm³/mol. The van der Waals surface area contributed by atoms with Crippen LogP contribution in [-0.2, 0) is 30.2 Å². The van der Waals surface area contributed by atoms with Crippen LogP contribution >= 0.6 is 22.9 Å². The Bertz CT molecular complexity index is 1170. The van der Waals surface area contributed by atoms with Crippen LogP contribution in [0.2, 0.25) is 5.02 Å². The molecule has 30 heavy (non-hydrogen) atoms. The van der Waals surface area contributed by atoms with Crippen molar-refractivity contribution in [1.29, 1.82) is 0 Å². The smallest absolute Gasteiger partial charge is 0.365 e. The highest BCUT2D eigenvalue weighted by molar-refractivity contribution is 7.17. The minimum atomic E-state index is -4.55. The van der Waals surface area contributed by atoms with E-state index < -0.39 is 23.6 Å². The zero-order valence-electron chi connectivity index (χ0n) is 15.5. The van der Waals surface area contributed by atoms with Crippen molar-refractivity contribution in [2.75, 3.05) is 5.32 Å². The Kier molecular flexibility index (Phi) is 5.23. The van der Waals surface area contributed by atoms with E-state index in [0.29, 0.717) is 10.6 Å². The molecule has 0 bridgehead atoms. The number of anilines is 1. The van der Waals surface area contributed by atoms with Crippen molar-refractivity contribution >= 4 is 45.4 Å². The second-order valence-electron chi connectivity index (χ2n) is 7.04. The molecule has 11 heteroatoms. The summed E-state index contributed by atoms with van der Waals surface area (Å²) in [6, 6.07) is 0.795. The Balaban J connectivity index is 1.58. The number of fused-ring (bicyclic) bond motifs is 2. The fourth-order valence-corrected chi connectivity index (χ4v) is 5.17. The number of thiophene rings is 1. The summed E-state index contributed by atoms with van der Waals surface area (Å²) < 4.78 is 40.0. The lowest BCUT2D eigenvalue weighted by atomic mass is 9.95. The molecule has 0 fully saturated rings. The molecule has 158 valence electrons. The molecule has 1 aliphatic rings. The average molecular weight is 457 g/mol. The van der Waals surface area contributed by atoms with Crippen LogP contribution in [-0.4, -0.2) is 21.2 Å². The molecule has 3 heterocycles. The molecule has 0 saturated carbocycles. The quantitative estimate of drug-likeness (QED) is 0.615. The number of halogens is 4. The zero-order chi connectivity index (χ0) is 21.6. The van der Waals surface area contributed by atoms with Gasteiger partial charge in [-0.15, -0.1) is 11.3 Å². The van der Waals surface area contributed by atoms with E-state index in [4.69, 9.17) is 17.3 Å². The molecule has 1 aliphatic carbocycles. The van der Waals surface area contributed by atoms with Gasteiger partial charge < -0.3 is 15.5 Å². The predicted octanol–water partition coefficient (Wildman–Crippen LogP) is 4.23. The third kappa shape index (κ3) is 3.89. The number of aryl methyl sites for hydroxylation is 1. The van der Waals surface area contributed by atoms with Crippen molar-refractivity contribution in [3.8, 4) is 0 Å². The van der Waals surface area contributed by atoms with Gasteiger partial charge in [-0.05, 0) is 37.3 Å². The minimum Gasteiger partial charge on any atom is -0.365 e. The Labute approximate surface area is 177 Å². The van der Waals surface area contributed by atoms with Gasteiger partial charge in [-0.2, -0.15) is 13.2 Å². The maximum atomic E-state index is 13.0. The molecule has 2 amide bonds. The molecular formula is C19H16ClF3N4O2S. The van der Waals surface area contributed by atoms with Crippen LogP contribution in [0.4, 0.5) is 18.2 Å². The summed E-state index contributed by atoms with van der Waals surface area (Å²) in [4.78, 5) is 29.7. The SMILES string of the molecule is NC(=O)c1c(NC(=O)Cc2cn3cc(C(F)(F)F)cc(Cl)c3n2)sc2c1CCCC2. The first kappa shape index (κ1) is 20.7. The van der Waals surface area contributed by atoms with E-state index in [1.165, 1.54) is 17.5 Å². The molecule has 4 rings (SSSR count). The van der Waals surface area contributed by atoms with Gasteiger partial charge in [0.15, 0.2) is 5.65 Å². The maximum absolute atomic E-state index is 13.0. The zero-order valence-corrected chi connectivity index (χ0v) is 17.0. The number of nitrogens with two attached hydrogens (primary N) is 1. The first-order valence-electron chi connectivity index (χ1n) is 9.12. The number of amides is 2. The summed E-state index contributed by atoms with van der Waals surface area (Å²) in [5, 5.41) is 2.94. The summed E-state index contributed by atoms with van der Waals surface area (Å²) in [7, 11) is 0. The van der Waals surface area contributed by atoms with Crippen molar-refractivity contribution in [1.82, 2.24) is 9.38 Å². The number of hydrogen-bond donors (Lipinski definition) is 2. The number of carbonyl (C=O) groups excluding carboxylic acids is 2. The number of primary amides is 1. The van der Waals surface area contributed by atoms with Crippen molar-refractivity contribution < 1.29 is 22.8 Å². The maximum Gasteiger partial charge on any atom is 0.417 e. The lowest BCUT2D eigenvalue weighted by Crippen LogP contribution is -2.19. The lowest BCUT2D eigenvalue weighted by Gasteiger charge is -2.11. The number of pyridine rings is 1. The molecular weight excluding hydrogens is 441 g/mol. The van der Waals surface area contributed by atoms with Gasteiger partial charge >= 0.3 is 6.18 Å². The second kappa shape index (κ2) is 7.59. The van der Waals surface area contributed by atoms with Crippen molar-refractivity contribution in [3.05, 3.63) is 50.7 Å². The summed E-state index contributed by atoms with van der Waals surface area (Å²) in [5.41, 5.74) is 6.22. The number of nitrogens with one attached hydrogen (secondary N) is 1. The number of hydrogen-bond acceptors (Lipinski definition) is 4. The van der Waals surface area contributed by atoms with E-state index in [-0.39, 0.29) is 22.8 Å². The van der Waals surface area contributed by atoms with Gasteiger partial charge in [0.1, 0.15) is 5.00 Å². The topological polar surface area (TPSA) is 89.5 Å². The van der Waals surface area contributed by atoms with Crippen LogP contribution < -0.4 is 11.1 Å². The largest absolute Gasteiger partial charge is 0.417 e. The number of nitrogens with zero attached hydrogens (tertiary/aromatic N) is 2. The highest BCUT2D eigenvalue weighted by Gasteiger charge is 2.32. The second-order valence-corrected chi connectivity index (χ2v) is 8.55. The Hall–Kier alpha value is -2.59. The van der Waals surface area contributed by atoms with Crippen LogP contribution in [0.15, 0.2) is 18.5 Å². The van der Waals surface area contributed by atoms with E-state index in [2.05, 4.69) is 10.3 Å². The molecule has 0 spiro atoms. The molecule has 0 aliphatic heterocycles. The number of rotatable bonds is 4. The third-order valence-corrected chi connectivity index (χ3v) is 6.38. The molecule has 3 aromatic rings. The average Bonchev–Trinajstić information content (AvgIpc) is 3.21. The van der Waals surface area contributed by atoms with Crippen molar-refractivity contribution in [2.24, 2.45) is 5.73 Å². The third-order valence-electron chi connectivity index (χ3n) is 4.90. The molecule has 3 N–H and O–H groups in total. The Morgan fingerprint density at radius 3 is 2.70 bits per heavy atom. The molecule has 0 saturated heterocycles. The summed E-state index contributed by atoms with van der Waals surface area (Å²) in [6.45, 7) is 0. The molecule has 0 radical (unpaired) electrons. The lowest BCUT2D eigenvalue weighted by molar-refractivity contribution is -0.137. The van der Waals surface area contributed by atoms with Gasteiger partial charge in [0, 0.05) is 17.3 Å². The monoisotopic (exact) mass is 456 g/mol. The van der Waals surface area contributed by atoms with Crippen LogP contribution in [0.5, 0.6) is 0 Å². The first-order valence-corrected chi connectivity index (χ1v) is 10.3. The Morgan fingerprint density at radius 1 is 1.27 bits per heavy atom. The summed E-state index contributed by atoms with van der Waals surface area (Å²) in [6.07, 6.45) is 0.997. The number of aromatic nitrogens is 2. The molecule has 3 aromatic heterocycles. The Morgan fingerprint density at radius 2 is 2.00 bits per heavy atom. The molecule has 0 aromatic carbocycles. The fourth-order valence-electron chi connectivity index (χ4n) is 3.60. The van der Waals surface area contributed by atoms with Crippen LogP contribution in [0.1, 0.15) is 44.9 Å². The van der Waals surface area contributed by atoms with Gasteiger partial charge in [0.2, 0.25) is 5.91 Å². The summed E-state index contributed by atoms with van der Waals surface area (Å²) in [5.74, 6) is -1.05. The fraction of sp³-hybridized carbons (Fsp3) is 0.316. The van der Waals surface area contributed by atoms with Gasteiger partial charge in [0.25, 0.3) is 5.91 Å². The molecule has 0 unspecified atom stereocenters. The van der Waals surface area contributed by atoms with Crippen molar-refractivity contribution in [3.63, 3.8) is 0 Å². The van der Waals surface area contributed by atoms with E-state index in [0.717, 1.165) is 52.8 Å². The number of carbonyl (C=O) groups is 2. The van der Waals surface area contributed by atoms with E-state index in [1.54, 1.807) is 0 Å². The van der Waals surface area contributed by atoms with E-state index in [9.17, 15) is 22.8 Å². The van der Waals surface area contributed by atoms with Gasteiger partial charge in [-0.3, -0.25) is 9.59 Å². The molecule has 6 nitrogen and oxygen atoms in total. The van der Waals surface area contributed by atoms with Gasteiger partial charge in [-0.25, -0.2) is 4.98 Å². The first-order chi connectivity index (χ1) is 14.1. The van der Waals surface area contributed by atoms with E-state index in [1.807, 2.05) is 0 Å². The normalized spacial score (nSPS) is 14.0. The number of alkyl halides is 3. The standard InChI is InChI=1S/C19H16ClF3N4O2S/c20-12-5-9(19(21,22)23)7-27-8-10(25-17(12)27)6-14(28)26-18-15(16(24)29)11-3-1-2-4-13(11)30-18/h5,7-8H,1-4,6H2,(H2,24,29)(H,26,28).